The summed E-state index contributed by atoms with van der Waals surface area (Å²) in [6.07, 6.45) is 3.47. The Hall–Kier alpha value is -1.16. The number of pyridine rings is 1. The molecule has 4 heteroatoms. The second-order valence-corrected chi connectivity index (χ2v) is 3.27. The van der Waals surface area contributed by atoms with Crippen LogP contribution in [0.5, 0.6) is 5.75 Å². The average molecular weight is 197 g/mol. The molecule has 1 atom stereocenters. The van der Waals surface area contributed by atoms with Crippen molar-refractivity contribution >= 4 is 0 Å². The first-order valence-corrected chi connectivity index (χ1v) is 4.70. The summed E-state index contributed by atoms with van der Waals surface area (Å²) in [7, 11) is 0. The highest BCUT2D eigenvalue weighted by Gasteiger charge is 2.15. The minimum atomic E-state index is -0.489. The van der Waals surface area contributed by atoms with Crippen molar-refractivity contribution in [3.8, 4) is 5.75 Å². The molecule has 0 radical (unpaired) electrons. The number of ether oxygens (including phenoxy) is 2. The fourth-order valence-corrected chi connectivity index (χ4v) is 1.43. The van der Waals surface area contributed by atoms with E-state index in [0.29, 0.717) is 12.4 Å². The minimum absolute atomic E-state index is 0.0796. The van der Waals surface area contributed by atoms with Crippen molar-refractivity contribution in [2.24, 2.45) is 0 Å². The van der Waals surface area contributed by atoms with Crippen molar-refractivity contribution < 1.29 is 13.9 Å². The van der Waals surface area contributed by atoms with Crippen molar-refractivity contribution in [3.05, 3.63) is 24.3 Å². The molecular formula is C10H12FNO2. The lowest BCUT2D eigenvalue weighted by molar-refractivity contribution is 0.00723. The van der Waals surface area contributed by atoms with E-state index in [1.165, 1.54) is 12.3 Å². The molecule has 1 aromatic heterocycles. The number of hydrogen-bond acceptors (Lipinski definition) is 3. The maximum atomic E-state index is 12.5. The van der Waals surface area contributed by atoms with Crippen molar-refractivity contribution in [3.63, 3.8) is 0 Å². The molecule has 1 aliphatic rings. The van der Waals surface area contributed by atoms with Crippen LogP contribution in [0.4, 0.5) is 4.39 Å². The Balaban J connectivity index is 1.92. The number of nitrogens with zero attached hydrogens (tertiary/aromatic N) is 1. The zero-order valence-electron chi connectivity index (χ0n) is 7.78. The van der Waals surface area contributed by atoms with E-state index in [-0.39, 0.29) is 6.10 Å². The summed E-state index contributed by atoms with van der Waals surface area (Å²) in [6, 6.07) is 2.87. The Morgan fingerprint density at radius 2 is 2.43 bits per heavy atom. The van der Waals surface area contributed by atoms with Gasteiger partial charge in [0, 0.05) is 6.61 Å². The number of aromatic nitrogens is 1. The molecule has 0 bridgehead atoms. The first-order valence-electron chi connectivity index (χ1n) is 4.70. The van der Waals surface area contributed by atoms with Crippen molar-refractivity contribution in [1.82, 2.24) is 4.98 Å². The van der Waals surface area contributed by atoms with Crippen LogP contribution >= 0.6 is 0 Å². The van der Waals surface area contributed by atoms with Gasteiger partial charge in [-0.15, -0.1) is 0 Å². The summed E-state index contributed by atoms with van der Waals surface area (Å²) >= 11 is 0. The van der Waals surface area contributed by atoms with E-state index in [2.05, 4.69) is 4.98 Å². The maximum absolute atomic E-state index is 12.5. The highest BCUT2D eigenvalue weighted by atomic mass is 19.1. The molecule has 1 aromatic rings. The quantitative estimate of drug-likeness (QED) is 0.677. The van der Waals surface area contributed by atoms with Gasteiger partial charge >= 0.3 is 0 Å². The van der Waals surface area contributed by atoms with Crippen LogP contribution in [0, 0.1) is 5.95 Å². The van der Waals surface area contributed by atoms with E-state index in [0.717, 1.165) is 19.4 Å². The Kier molecular flexibility index (Phi) is 2.93. The minimum Gasteiger partial charge on any atom is -0.486 e. The van der Waals surface area contributed by atoms with Crippen molar-refractivity contribution in [2.45, 2.75) is 18.9 Å². The lowest BCUT2D eigenvalue weighted by Gasteiger charge is -2.22. The molecule has 14 heavy (non-hydrogen) atoms. The van der Waals surface area contributed by atoms with Crippen LogP contribution in [0.3, 0.4) is 0 Å². The fraction of sp³-hybridized carbons (Fsp3) is 0.500. The average Bonchev–Trinajstić information content (AvgIpc) is 2.23. The third-order valence-corrected chi connectivity index (χ3v) is 2.12. The third-order valence-electron chi connectivity index (χ3n) is 2.12. The van der Waals surface area contributed by atoms with Crippen molar-refractivity contribution in [1.29, 1.82) is 0 Å². The molecule has 76 valence electrons. The number of hydrogen-bond donors (Lipinski definition) is 0. The molecule has 2 rings (SSSR count). The zero-order valence-corrected chi connectivity index (χ0v) is 7.78. The van der Waals surface area contributed by atoms with Crippen LogP contribution in [-0.2, 0) is 4.74 Å². The molecule has 0 N–H and O–H groups in total. The SMILES string of the molecule is Fc1ccc(OC2CCCOC2)cn1. The third kappa shape index (κ3) is 2.42. The van der Waals surface area contributed by atoms with Gasteiger partial charge in [-0.1, -0.05) is 0 Å². The molecule has 2 heterocycles. The Morgan fingerprint density at radius 3 is 3.07 bits per heavy atom. The highest BCUT2D eigenvalue weighted by Crippen LogP contribution is 2.15. The van der Waals surface area contributed by atoms with Crippen LogP contribution in [-0.4, -0.2) is 24.3 Å². The first-order chi connectivity index (χ1) is 6.84. The topological polar surface area (TPSA) is 31.4 Å². The summed E-state index contributed by atoms with van der Waals surface area (Å²) in [5.41, 5.74) is 0. The molecule has 1 unspecified atom stereocenters. The normalized spacial score (nSPS) is 21.9. The smallest absolute Gasteiger partial charge is 0.213 e. The molecule has 0 aliphatic carbocycles. The van der Waals surface area contributed by atoms with Gasteiger partial charge in [0.25, 0.3) is 0 Å². The van der Waals surface area contributed by atoms with E-state index in [1.54, 1.807) is 6.07 Å². The number of rotatable bonds is 2. The molecule has 0 aromatic carbocycles. The van der Waals surface area contributed by atoms with Gasteiger partial charge in [-0.2, -0.15) is 4.39 Å². The first kappa shape index (κ1) is 9.40. The molecule has 1 saturated heterocycles. The van der Waals surface area contributed by atoms with Gasteiger partial charge in [0.2, 0.25) is 5.95 Å². The van der Waals surface area contributed by atoms with E-state index >= 15 is 0 Å². The lowest BCUT2D eigenvalue weighted by Crippen LogP contribution is -2.28. The molecule has 0 spiro atoms. The van der Waals surface area contributed by atoms with Crippen LogP contribution in [0.1, 0.15) is 12.8 Å². The van der Waals surface area contributed by atoms with Gasteiger partial charge in [-0.3, -0.25) is 0 Å². The predicted octanol–water partition coefficient (Wildman–Crippen LogP) is 1.78. The highest BCUT2D eigenvalue weighted by molar-refractivity contribution is 5.16. The number of halogens is 1. The van der Waals surface area contributed by atoms with E-state index in [4.69, 9.17) is 9.47 Å². The van der Waals surface area contributed by atoms with Gasteiger partial charge in [-0.05, 0) is 25.0 Å². The predicted molar refractivity (Wildman–Crippen MR) is 48.7 cm³/mol. The Labute approximate surface area is 81.9 Å². The van der Waals surface area contributed by atoms with Crippen LogP contribution in [0.2, 0.25) is 0 Å². The van der Waals surface area contributed by atoms with Gasteiger partial charge in [-0.25, -0.2) is 4.98 Å². The molecule has 0 amide bonds. The molecular weight excluding hydrogens is 185 g/mol. The molecule has 1 aliphatic heterocycles. The molecule has 3 nitrogen and oxygen atoms in total. The summed E-state index contributed by atoms with van der Waals surface area (Å²) < 4.78 is 23.3. The molecule has 0 saturated carbocycles. The van der Waals surface area contributed by atoms with Crippen molar-refractivity contribution in [2.75, 3.05) is 13.2 Å². The fourth-order valence-electron chi connectivity index (χ4n) is 1.43. The summed E-state index contributed by atoms with van der Waals surface area (Å²) in [5.74, 6) is 0.110. The zero-order chi connectivity index (χ0) is 9.80. The monoisotopic (exact) mass is 197 g/mol. The van der Waals surface area contributed by atoms with Crippen LogP contribution < -0.4 is 4.74 Å². The standard InChI is InChI=1S/C10H12FNO2/c11-10-4-3-8(6-12-10)14-9-2-1-5-13-7-9/h3-4,6,9H,1-2,5,7H2. The Bertz CT molecular complexity index is 283. The molecule has 1 fully saturated rings. The summed E-state index contributed by atoms with van der Waals surface area (Å²) in [4.78, 5) is 3.51. The van der Waals surface area contributed by atoms with E-state index < -0.39 is 5.95 Å². The maximum Gasteiger partial charge on any atom is 0.213 e. The summed E-state index contributed by atoms with van der Waals surface area (Å²) in [5, 5.41) is 0. The van der Waals surface area contributed by atoms with Gasteiger partial charge in [0.05, 0.1) is 12.8 Å². The largest absolute Gasteiger partial charge is 0.486 e. The van der Waals surface area contributed by atoms with Gasteiger partial charge in [0.1, 0.15) is 11.9 Å². The van der Waals surface area contributed by atoms with Gasteiger partial charge in [0.15, 0.2) is 0 Å². The summed E-state index contributed by atoms with van der Waals surface area (Å²) in [6.45, 7) is 1.42. The Morgan fingerprint density at radius 1 is 1.50 bits per heavy atom. The van der Waals surface area contributed by atoms with Crippen LogP contribution in [0.15, 0.2) is 18.3 Å². The second kappa shape index (κ2) is 4.37. The van der Waals surface area contributed by atoms with Gasteiger partial charge < -0.3 is 9.47 Å². The second-order valence-electron chi connectivity index (χ2n) is 3.27. The van der Waals surface area contributed by atoms with Crippen LogP contribution in [0.25, 0.3) is 0 Å². The van der Waals surface area contributed by atoms with E-state index in [9.17, 15) is 4.39 Å². The van der Waals surface area contributed by atoms with E-state index in [1.807, 2.05) is 0 Å². The lowest BCUT2D eigenvalue weighted by atomic mass is 10.2.